The van der Waals surface area contributed by atoms with E-state index < -0.39 is 6.43 Å². The number of hydrogen-bond donors (Lipinski definition) is 1. The molecule has 3 aromatic rings. The van der Waals surface area contributed by atoms with E-state index in [0.717, 1.165) is 78.8 Å². The number of nitrogens with zero attached hydrogens (tertiary/aromatic N) is 5. The molecule has 1 unspecified atom stereocenters. The summed E-state index contributed by atoms with van der Waals surface area (Å²) in [5.74, 6) is 1.65. The quantitative estimate of drug-likeness (QED) is 0.336. The molecule has 3 aromatic heterocycles. The van der Waals surface area contributed by atoms with Crippen molar-refractivity contribution >= 4 is 28.6 Å². The van der Waals surface area contributed by atoms with Crippen molar-refractivity contribution in [1.29, 1.82) is 0 Å². The molecule has 9 heteroatoms. The number of ketones is 1. The van der Waals surface area contributed by atoms with Gasteiger partial charge in [0.1, 0.15) is 5.78 Å². The topological polar surface area (TPSA) is 84.5 Å². The Morgan fingerprint density at radius 3 is 2.85 bits per heavy atom. The SMILES string of the molecule is CC1=Nc2ccc(-c3ccn4nc(N[C@H]5C[C@](C)(C6CCCC(=O)CC6)C5)ncc34)nc2C[C@@H]1CCC(F)F. The molecule has 6 rings (SSSR count). The number of anilines is 1. The molecule has 0 spiro atoms. The van der Waals surface area contributed by atoms with E-state index in [2.05, 4.69) is 22.2 Å². The summed E-state index contributed by atoms with van der Waals surface area (Å²) in [5.41, 5.74) is 5.45. The maximum Gasteiger partial charge on any atom is 0.241 e. The minimum Gasteiger partial charge on any atom is -0.350 e. The second-order valence-electron chi connectivity index (χ2n) is 12.0. The van der Waals surface area contributed by atoms with Gasteiger partial charge in [-0.15, -0.1) is 5.10 Å². The van der Waals surface area contributed by atoms with E-state index >= 15 is 0 Å². The zero-order valence-corrected chi connectivity index (χ0v) is 22.7. The fourth-order valence-electron chi connectivity index (χ4n) is 6.91. The zero-order valence-electron chi connectivity index (χ0n) is 22.7. The van der Waals surface area contributed by atoms with Gasteiger partial charge in [-0.25, -0.2) is 18.3 Å². The van der Waals surface area contributed by atoms with E-state index in [0.29, 0.717) is 36.5 Å². The highest BCUT2D eigenvalue weighted by Gasteiger charge is 2.46. The summed E-state index contributed by atoms with van der Waals surface area (Å²) in [6.07, 6.45) is 9.20. The van der Waals surface area contributed by atoms with Gasteiger partial charge < -0.3 is 5.32 Å². The van der Waals surface area contributed by atoms with Crippen molar-refractivity contribution in [3.8, 4) is 11.3 Å². The summed E-state index contributed by atoms with van der Waals surface area (Å²) in [6, 6.07) is 6.24. The van der Waals surface area contributed by atoms with Crippen molar-refractivity contribution in [2.24, 2.45) is 22.2 Å². The van der Waals surface area contributed by atoms with Gasteiger partial charge >= 0.3 is 0 Å². The molecule has 206 valence electrons. The standard InChI is InChI=1S/C30H36F2N6O/c1-18-19(6-11-28(31)32)14-26-25(34-18)10-9-24(36-26)23-12-13-38-27(23)17-33-29(37-38)35-21-15-30(2,16-21)20-4-3-5-22(39)8-7-20/h9-10,12-13,17,19-21,28H,3-8,11,14-16H2,1-2H3,(H,35,37)/t19-,20?,21-,30-/m0/s1. The van der Waals surface area contributed by atoms with E-state index in [1.54, 1.807) is 0 Å². The van der Waals surface area contributed by atoms with Gasteiger partial charge in [0.15, 0.2) is 0 Å². The van der Waals surface area contributed by atoms with Crippen LogP contribution in [0.3, 0.4) is 0 Å². The first-order valence-corrected chi connectivity index (χ1v) is 14.2. The molecule has 0 bridgehead atoms. The Hall–Kier alpha value is -3.23. The summed E-state index contributed by atoms with van der Waals surface area (Å²) in [5, 5.41) is 8.22. The molecular formula is C30H36F2N6O. The molecule has 0 saturated heterocycles. The molecule has 2 atom stereocenters. The number of fused-ring (bicyclic) bond motifs is 2. The average Bonchev–Trinajstić information content (AvgIpc) is 3.18. The van der Waals surface area contributed by atoms with Gasteiger partial charge in [-0.2, -0.15) is 0 Å². The summed E-state index contributed by atoms with van der Waals surface area (Å²) in [4.78, 5) is 26.0. The number of Topliss-reactive ketones (excluding diaryl/α,β-unsaturated/α-hetero) is 1. The predicted octanol–water partition coefficient (Wildman–Crippen LogP) is 6.83. The molecule has 0 aromatic carbocycles. The van der Waals surface area contributed by atoms with E-state index in [1.165, 1.54) is 0 Å². The summed E-state index contributed by atoms with van der Waals surface area (Å²) >= 11 is 0. The highest BCUT2D eigenvalue weighted by Crippen LogP contribution is 2.51. The number of aliphatic imine (C=N–C) groups is 1. The van der Waals surface area contributed by atoms with Crippen LogP contribution in [-0.4, -0.2) is 43.5 Å². The van der Waals surface area contributed by atoms with Crippen LogP contribution in [0.5, 0.6) is 0 Å². The van der Waals surface area contributed by atoms with Crippen LogP contribution < -0.4 is 5.32 Å². The Labute approximate surface area is 227 Å². The lowest BCUT2D eigenvalue weighted by molar-refractivity contribution is -0.119. The molecule has 2 fully saturated rings. The fourth-order valence-corrected chi connectivity index (χ4v) is 6.91. The van der Waals surface area contributed by atoms with Gasteiger partial charge in [0, 0.05) is 48.7 Å². The Morgan fingerprint density at radius 2 is 2.03 bits per heavy atom. The van der Waals surface area contributed by atoms with Crippen LogP contribution in [0.25, 0.3) is 16.8 Å². The van der Waals surface area contributed by atoms with Crippen molar-refractivity contribution in [2.75, 3.05) is 5.32 Å². The monoisotopic (exact) mass is 534 g/mol. The number of aromatic nitrogens is 4. The largest absolute Gasteiger partial charge is 0.350 e. The molecule has 1 aliphatic heterocycles. The molecule has 0 radical (unpaired) electrons. The van der Waals surface area contributed by atoms with Gasteiger partial charge in [-0.05, 0) is 81.4 Å². The Morgan fingerprint density at radius 1 is 1.18 bits per heavy atom. The highest BCUT2D eigenvalue weighted by atomic mass is 19.3. The minimum atomic E-state index is -2.30. The van der Waals surface area contributed by atoms with Crippen LogP contribution in [0.1, 0.15) is 77.3 Å². The predicted molar refractivity (Wildman–Crippen MR) is 148 cm³/mol. The Balaban J connectivity index is 1.13. The summed E-state index contributed by atoms with van der Waals surface area (Å²) in [7, 11) is 0. The first-order chi connectivity index (χ1) is 18.8. The molecule has 0 amide bonds. The Bertz CT molecular complexity index is 1410. The van der Waals surface area contributed by atoms with Gasteiger partial charge in [0.2, 0.25) is 12.4 Å². The van der Waals surface area contributed by atoms with E-state index in [9.17, 15) is 13.6 Å². The smallest absolute Gasteiger partial charge is 0.241 e. The molecule has 39 heavy (non-hydrogen) atoms. The lowest BCUT2D eigenvalue weighted by Gasteiger charge is -2.50. The van der Waals surface area contributed by atoms with Crippen LogP contribution in [0.15, 0.2) is 35.6 Å². The van der Waals surface area contributed by atoms with Crippen LogP contribution in [0.2, 0.25) is 0 Å². The third kappa shape index (κ3) is 5.32. The van der Waals surface area contributed by atoms with E-state index in [1.807, 2.05) is 42.0 Å². The highest BCUT2D eigenvalue weighted by molar-refractivity contribution is 5.89. The summed E-state index contributed by atoms with van der Waals surface area (Å²) in [6.45, 7) is 4.29. The number of pyridine rings is 1. The van der Waals surface area contributed by atoms with E-state index in [-0.39, 0.29) is 17.8 Å². The number of nitrogens with one attached hydrogen (secondary N) is 1. The van der Waals surface area contributed by atoms with Gasteiger partial charge in [0.25, 0.3) is 0 Å². The first kappa shape index (κ1) is 26.0. The van der Waals surface area contributed by atoms with Crippen LogP contribution in [0.4, 0.5) is 20.4 Å². The second kappa shape index (κ2) is 10.4. The van der Waals surface area contributed by atoms with Crippen molar-refractivity contribution in [2.45, 2.75) is 90.5 Å². The third-order valence-corrected chi connectivity index (χ3v) is 9.23. The van der Waals surface area contributed by atoms with Crippen molar-refractivity contribution in [1.82, 2.24) is 19.6 Å². The number of carbonyl (C=O) groups is 1. The first-order valence-electron chi connectivity index (χ1n) is 14.2. The molecule has 1 N–H and O–H groups in total. The maximum atomic E-state index is 12.8. The van der Waals surface area contributed by atoms with Crippen molar-refractivity contribution in [3.05, 3.63) is 36.3 Å². The zero-order chi connectivity index (χ0) is 27.1. The van der Waals surface area contributed by atoms with Crippen molar-refractivity contribution in [3.63, 3.8) is 0 Å². The summed E-state index contributed by atoms with van der Waals surface area (Å²) < 4.78 is 27.4. The maximum absolute atomic E-state index is 12.8. The average molecular weight is 535 g/mol. The molecule has 2 aliphatic carbocycles. The van der Waals surface area contributed by atoms with Gasteiger partial charge in [0.05, 0.1) is 28.8 Å². The number of hydrogen-bond acceptors (Lipinski definition) is 6. The second-order valence-corrected chi connectivity index (χ2v) is 12.0. The Kier molecular flexibility index (Phi) is 6.93. The van der Waals surface area contributed by atoms with Crippen LogP contribution in [0, 0.1) is 17.3 Å². The number of rotatable bonds is 7. The minimum absolute atomic E-state index is 0.00425. The normalized spacial score (nSPS) is 27.2. The van der Waals surface area contributed by atoms with Crippen LogP contribution >= 0.6 is 0 Å². The third-order valence-electron chi connectivity index (χ3n) is 9.23. The number of alkyl halides is 2. The molecule has 2 saturated carbocycles. The lowest BCUT2D eigenvalue weighted by atomic mass is 9.58. The van der Waals surface area contributed by atoms with E-state index in [4.69, 9.17) is 10.1 Å². The molecule has 4 heterocycles. The fraction of sp³-hybridized carbons (Fsp3) is 0.567. The van der Waals surface area contributed by atoms with Crippen molar-refractivity contribution < 1.29 is 13.6 Å². The molecular weight excluding hydrogens is 498 g/mol. The molecule has 3 aliphatic rings. The number of carbonyl (C=O) groups excluding carboxylic acids is 1. The van der Waals surface area contributed by atoms with Gasteiger partial charge in [-0.3, -0.25) is 14.8 Å². The van der Waals surface area contributed by atoms with Gasteiger partial charge in [-0.1, -0.05) is 6.92 Å². The van der Waals surface area contributed by atoms with Crippen LogP contribution in [-0.2, 0) is 11.2 Å². The number of halogens is 2. The molecule has 7 nitrogen and oxygen atoms in total. The lowest BCUT2D eigenvalue weighted by Crippen LogP contribution is -2.48.